The number of anilines is 1. The average molecular weight is 449 g/mol. The number of hydrogen-bond donors (Lipinski definition) is 1. The maximum Gasteiger partial charge on any atom is 0.416 e. The Morgan fingerprint density at radius 2 is 1.68 bits per heavy atom. The number of nitrogens with one attached hydrogen (secondary N) is 1. The van der Waals surface area contributed by atoms with Crippen LogP contribution in [0.15, 0.2) is 48.7 Å². The first-order valence-corrected chi connectivity index (χ1v) is 8.93. The fourth-order valence-electron chi connectivity index (χ4n) is 2.42. The molecule has 3 rings (SSSR count). The molecule has 1 amide bonds. The molecule has 0 spiro atoms. The summed E-state index contributed by atoms with van der Waals surface area (Å²) in [5.41, 5.74) is -0.486. The lowest BCUT2D eigenvalue weighted by Crippen LogP contribution is -2.15. The monoisotopic (exact) mass is 447 g/mol. The first-order valence-electron chi connectivity index (χ1n) is 7.79. The number of carbonyl (C=O) groups excluding carboxylic acids is 1. The molecule has 0 radical (unpaired) electrons. The minimum Gasteiger partial charge on any atom is -0.304 e. The molecule has 1 N–H and O–H groups in total. The van der Waals surface area contributed by atoms with Gasteiger partial charge >= 0.3 is 6.18 Å². The van der Waals surface area contributed by atoms with Gasteiger partial charge in [0.25, 0.3) is 5.91 Å². The predicted octanol–water partition coefficient (Wildman–Crippen LogP) is 6.16. The fraction of sp³-hybridized carbons (Fsp3) is 0.111. The maximum atomic E-state index is 12.8. The Kier molecular flexibility index (Phi) is 5.88. The van der Waals surface area contributed by atoms with Crippen LogP contribution in [0.4, 0.5) is 19.0 Å². The Labute approximate surface area is 172 Å². The third kappa shape index (κ3) is 4.60. The second kappa shape index (κ2) is 8.03. The summed E-state index contributed by atoms with van der Waals surface area (Å²) in [5, 5.41) is 7.53. The molecule has 28 heavy (non-hydrogen) atoms. The smallest absolute Gasteiger partial charge is 0.304 e. The zero-order valence-electron chi connectivity index (χ0n) is 13.9. The number of alkyl halides is 3. The van der Waals surface area contributed by atoms with Crippen molar-refractivity contribution >= 4 is 46.5 Å². The third-order valence-electron chi connectivity index (χ3n) is 3.78. The third-order valence-corrected chi connectivity index (χ3v) is 4.77. The van der Waals surface area contributed by atoms with Crippen molar-refractivity contribution in [2.75, 3.05) is 5.32 Å². The quantitative estimate of drug-likeness (QED) is 0.519. The van der Waals surface area contributed by atoms with E-state index in [1.807, 2.05) is 0 Å². The van der Waals surface area contributed by atoms with Crippen LogP contribution < -0.4 is 5.32 Å². The van der Waals surface area contributed by atoms with Crippen molar-refractivity contribution in [3.05, 3.63) is 80.4 Å². The van der Waals surface area contributed by atoms with Gasteiger partial charge in [0.2, 0.25) is 0 Å². The first kappa shape index (κ1) is 20.5. The number of amides is 1. The van der Waals surface area contributed by atoms with Gasteiger partial charge in [-0.15, -0.1) is 0 Å². The van der Waals surface area contributed by atoms with Gasteiger partial charge in [0, 0.05) is 27.4 Å². The van der Waals surface area contributed by atoms with E-state index in [2.05, 4.69) is 10.4 Å². The zero-order valence-corrected chi connectivity index (χ0v) is 16.2. The molecular weight excluding hydrogens is 438 g/mol. The highest BCUT2D eigenvalue weighted by atomic mass is 35.5. The second-order valence-corrected chi connectivity index (χ2v) is 6.98. The lowest BCUT2D eigenvalue weighted by Gasteiger charge is -2.09. The molecule has 0 saturated carbocycles. The molecule has 1 aromatic heterocycles. The van der Waals surface area contributed by atoms with Crippen molar-refractivity contribution in [1.82, 2.24) is 9.78 Å². The van der Waals surface area contributed by atoms with Gasteiger partial charge in [0.15, 0.2) is 5.82 Å². The van der Waals surface area contributed by atoms with Gasteiger partial charge in [-0.05, 0) is 30.3 Å². The van der Waals surface area contributed by atoms with E-state index in [4.69, 9.17) is 34.8 Å². The van der Waals surface area contributed by atoms with E-state index in [0.29, 0.717) is 15.6 Å². The standard InChI is InChI=1S/C18H11Cl3F3N3O/c19-13-5-2-6-14(20)12(13)8-27-9-15(21)16(26-27)25-17(28)10-3-1-4-11(7-10)18(22,23)24/h1-7,9H,8H2,(H,25,26,28). The van der Waals surface area contributed by atoms with E-state index < -0.39 is 17.6 Å². The number of rotatable bonds is 4. The van der Waals surface area contributed by atoms with Crippen LogP contribution >= 0.6 is 34.8 Å². The lowest BCUT2D eigenvalue weighted by molar-refractivity contribution is -0.137. The highest BCUT2D eigenvalue weighted by Gasteiger charge is 2.31. The van der Waals surface area contributed by atoms with E-state index in [1.165, 1.54) is 16.9 Å². The van der Waals surface area contributed by atoms with Crippen molar-refractivity contribution in [1.29, 1.82) is 0 Å². The molecule has 0 saturated heterocycles. The minimum atomic E-state index is -4.55. The fourth-order valence-corrected chi connectivity index (χ4v) is 3.14. The number of hydrogen-bond acceptors (Lipinski definition) is 2. The van der Waals surface area contributed by atoms with Gasteiger partial charge in [0.1, 0.15) is 5.02 Å². The molecule has 0 unspecified atom stereocenters. The number of carbonyl (C=O) groups is 1. The Balaban J connectivity index is 1.80. The SMILES string of the molecule is O=C(Nc1nn(Cc2c(Cl)cccc2Cl)cc1Cl)c1cccc(C(F)(F)F)c1. The van der Waals surface area contributed by atoms with Gasteiger partial charge in [-0.25, -0.2) is 0 Å². The maximum absolute atomic E-state index is 12.8. The normalized spacial score (nSPS) is 11.5. The molecular formula is C18H11Cl3F3N3O. The zero-order chi connectivity index (χ0) is 20.5. The van der Waals surface area contributed by atoms with Gasteiger partial charge in [-0.3, -0.25) is 9.48 Å². The molecule has 0 bridgehead atoms. The molecule has 0 atom stereocenters. The Morgan fingerprint density at radius 1 is 1.04 bits per heavy atom. The average Bonchev–Trinajstić information content (AvgIpc) is 2.97. The molecule has 146 valence electrons. The summed E-state index contributed by atoms with van der Waals surface area (Å²) in [6.45, 7) is 0.192. The second-order valence-electron chi connectivity index (χ2n) is 5.76. The van der Waals surface area contributed by atoms with Crippen LogP contribution in [0.5, 0.6) is 0 Å². The van der Waals surface area contributed by atoms with Crippen LogP contribution in [0.25, 0.3) is 0 Å². The van der Waals surface area contributed by atoms with Crippen LogP contribution in [0, 0.1) is 0 Å². The van der Waals surface area contributed by atoms with Crippen molar-refractivity contribution in [2.45, 2.75) is 12.7 Å². The number of aromatic nitrogens is 2. The summed E-state index contributed by atoms with van der Waals surface area (Å²) in [6, 6.07) is 9.09. The van der Waals surface area contributed by atoms with Gasteiger partial charge in [-0.1, -0.05) is 46.9 Å². The van der Waals surface area contributed by atoms with Crippen LogP contribution in [-0.4, -0.2) is 15.7 Å². The van der Waals surface area contributed by atoms with E-state index in [-0.39, 0.29) is 22.9 Å². The number of halogens is 6. The van der Waals surface area contributed by atoms with Gasteiger partial charge in [0.05, 0.1) is 12.1 Å². The predicted molar refractivity (Wildman–Crippen MR) is 102 cm³/mol. The molecule has 4 nitrogen and oxygen atoms in total. The summed E-state index contributed by atoms with van der Waals surface area (Å²) in [5.74, 6) is -0.763. The van der Waals surface area contributed by atoms with Crippen molar-refractivity contribution in [3.8, 4) is 0 Å². The van der Waals surface area contributed by atoms with Gasteiger partial charge < -0.3 is 5.32 Å². The van der Waals surface area contributed by atoms with Gasteiger partial charge in [-0.2, -0.15) is 18.3 Å². The van der Waals surface area contributed by atoms with Crippen molar-refractivity contribution in [3.63, 3.8) is 0 Å². The molecule has 0 aliphatic heterocycles. The topological polar surface area (TPSA) is 46.9 Å². The summed E-state index contributed by atoms with van der Waals surface area (Å²) in [4.78, 5) is 12.3. The van der Waals surface area contributed by atoms with Crippen molar-refractivity contribution in [2.24, 2.45) is 0 Å². The van der Waals surface area contributed by atoms with E-state index in [9.17, 15) is 18.0 Å². The van der Waals surface area contributed by atoms with Crippen LogP contribution in [0.1, 0.15) is 21.5 Å². The van der Waals surface area contributed by atoms with E-state index in [1.54, 1.807) is 18.2 Å². The molecule has 1 heterocycles. The van der Waals surface area contributed by atoms with Crippen molar-refractivity contribution < 1.29 is 18.0 Å². The first-order chi connectivity index (χ1) is 13.1. The molecule has 2 aromatic carbocycles. The molecule has 0 aliphatic rings. The number of benzene rings is 2. The summed E-state index contributed by atoms with van der Waals surface area (Å²) in [7, 11) is 0. The van der Waals surface area contributed by atoms with E-state index in [0.717, 1.165) is 18.2 Å². The Bertz CT molecular complexity index is 1010. The summed E-state index contributed by atoms with van der Waals surface area (Å²) < 4.78 is 39.8. The minimum absolute atomic E-state index is 0.00672. The lowest BCUT2D eigenvalue weighted by atomic mass is 10.1. The summed E-state index contributed by atoms with van der Waals surface area (Å²) >= 11 is 18.3. The van der Waals surface area contributed by atoms with Crippen LogP contribution in [0.3, 0.4) is 0 Å². The molecule has 3 aromatic rings. The highest BCUT2D eigenvalue weighted by Crippen LogP contribution is 2.30. The highest BCUT2D eigenvalue weighted by molar-refractivity contribution is 6.36. The van der Waals surface area contributed by atoms with Crippen LogP contribution in [-0.2, 0) is 12.7 Å². The van der Waals surface area contributed by atoms with Crippen LogP contribution in [0.2, 0.25) is 15.1 Å². The Morgan fingerprint density at radius 3 is 2.32 bits per heavy atom. The largest absolute Gasteiger partial charge is 0.416 e. The van der Waals surface area contributed by atoms with E-state index >= 15 is 0 Å². The summed E-state index contributed by atoms with van der Waals surface area (Å²) in [6.07, 6.45) is -3.10. The Hall–Kier alpha value is -2.22. The molecule has 0 aliphatic carbocycles. The molecule has 0 fully saturated rings. The number of nitrogens with zero attached hydrogens (tertiary/aromatic N) is 2. The molecule has 10 heteroatoms.